The largest absolute Gasteiger partial charge is 0.496 e. The van der Waals surface area contributed by atoms with Gasteiger partial charge < -0.3 is 9.31 Å². The van der Waals surface area contributed by atoms with Crippen LogP contribution >= 0.6 is 11.3 Å². The normalized spacial score (nSPS) is 18.2. The van der Waals surface area contributed by atoms with Crippen LogP contribution in [0.5, 0.6) is 0 Å². The summed E-state index contributed by atoms with van der Waals surface area (Å²) in [6.07, 6.45) is 1.88. The van der Waals surface area contributed by atoms with E-state index in [0.29, 0.717) is 0 Å². The first-order valence-corrected chi connectivity index (χ1v) is 10.4. The molecule has 1 aliphatic rings. The molecule has 0 N–H and O–H groups in total. The summed E-state index contributed by atoms with van der Waals surface area (Å²) < 4.78 is 14.9. The second kappa shape index (κ2) is 6.15. The summed E-state index contributed by atoms with van der Waals surface area (Å²) in [4.78, 5) is 4.76. The molecule has 3 nitrogen and oxygen atoms in total. The minimum Gasteiger partial charge on any atom is -0.399 e. The SMILES string of the molecule is CC1(C)OB(c2ccc(-c3cccc4c3sc3ccccc34)nc2)OC1(C)C. The van der Waals surface area contributed by atoms with E-state index in [-0.39, 0.29) is 18.3 Å². The summed E-state index contributed by atoms with van der Waals surface area (Å²) in [5.41, 5.74) is 2.39. The molecule has 4 aromatic rings. The number of nitrogens with zero attached hydrogens (tertiary/aromatic N) is 1. The van der Waals surface area contributed by atoms with E-state index in [1.807, 2.05) is 17.5 Å². The molecule has 2 aromatic heterocycles. The maximum atomic E-state index is 6.15. The van der Waals surface area contributed by atoms with E-state index < -0.39 is 0 Å². The molecule has 0 aliphatic carbocycles. The summed E-state index contributed by atoms with van der Waals surface area (Å²) in [5.74, 6) is 0. The van der Waals surface area contributed by atoms with Crippen molar-refractivity contribution in [2.24, 2.45) is 0 Å². The Balaban J connectivity index is 1.53. The molecule has 140 valence electrons. The molecule has 1 fully saturated rings. The van der Waals surface area contributed by atoms with Crippen molar-refractivity contribution in [1.82, 2.24) is 4.98 Å². The van der Waals surface area contributed by atoms with Crippen molar-refractivity contribution in [3.05, 3.63) is 60.8 Å². The molecule has 0 unspecified atom stereocenters. The predicted octanol–water partition coefficient (Wildman–Crippen LogP) is 5.42. The Morgan fingerprint density at radius 3 is 2.25 bits per heavy atom. The van der Waals surface area contributed by atoms with Gasteiger partial charge in [0, 0.05) is 37.4 Å². The molecule has 2 aromatic carbocycles. The van der Waals surface area contributed by atoms with Gasteiger partial charge in [-0.1, -0.05) is 42.5 Å². The second-order valence-corrected chi connectivity index (χ2v) is 9.40. The monoisotopic (exact) mass is 387 g/mol. The van der Waals surface area contributed by atoms with Crippen LogP contribution in [0.4, 0.5) is 0 Å². The van der Waals surface area contributed by atoms with Crippen LogP contribution < -0.4 is 5.46 Å². The van der Waals surface area contributed by atoms with Crippen molar-refractivity contribution in [3.63, 3.8) is 0 Å². The van der Waals surface area contributed by atoms with Gasteiger partial charge in [-0.3, -0.25) is 4.98 Å². The fraction of sp³-hybridized carbons (Fsp3) is 0.261. The van der Waals surface area contributed by atoms with Crippen molar-refractivity contribution in [1.29, 1.82) is 0 Å². The van der Waals surface area contributed by atoms with E-state index in [4.69, 9.17) is 14.3 Å². The Bertz CT molecular complexity index is 1160. The van der Waals surface area contributed by atoms with Crippen LogP contribution in [0.15, 0.2) is 60.8 Å². The van der Waals surface area contributed by atoms with Crippen molar-refractivity contribution in [2.75, 3.05) is 0 Å². The predicted molar refractivity (Wildman–Crippen MR) is 118 cm³/mol. The highest BCUT2D eigenvalue weighted by Gasteiger charge is 2.51. The van der Waals surface area contributed by atoms with Crippen LogP contribution in [0.25, 0.3) is 31.4 Å². The first kappa shape index (κ1) is 17.9. The number of aromatic nitrogens is 1. The quantitative estimate of drug-likeness (QED) is 0.431. The van der Waals surface area contributed by atoms with Crippen LogP contribution in [-0.4, -0.2) is 23.3 Å². The third-order valence-corrected chi connectivity index (χ3v) is 7.21. The van der Waals surface area contributed by atoms with Gasteiger partial charge in [0.25, 0.3) is 0 Å². The Hall–Kier alpha value is -2.21. The molecule has 3 heterocycles. The van der Waals surface area contributed by atoms with E-state index in [1.54, 1.807) is 0 Å². The molecular weight excluding hydrogens is 365 g/mol. The van der Waals surface area contributed by atoms with E-state index in [1.165, 1.54) is 25.7 Å². The number of hydrogen-bond acceptors (Lipinski definition) is 4. The Morgan fingerprint density at radius 2 is 1.54 bits per heavy atom. The first-order valence-electron chi connectivity index (χ1n) is 9.58. The molecule has 0 atom stereocenters. The lowest BCUT2D eigenvalue weighted by molar-refractivity contribution is 0.00578. The topological polar surface area (TPSA) is 31.4 Å². The molecule has 0 spiro atoms. The maximum Gasteiger partial charge on any atom is 0.496 e. The average molecular weight is 387 g/mol. The lowest BCUT2D eigenvalue weighted by Crippen LogP contribution is -2.41. The molecule has 0 radical (unpaired) electrons. The van der Waals surface area contributed by atoms with Gasteiger partial charge in [0.05, 0.1) is 16.9 Å². The fourth-order valence-corrected chi connectivity index (χ4v) is 4.86. The van der Waals surface area contributed by atoms with Crippen LogP contribution in [0.1, 0.15) is 27.7 Å². The van der Waals surface area contributed by atoms with Gasteiger partial charge in [-0.2, -0.15) is 0 Å². The summed E-state index contributed by atoms with van der Waals surface area (Å²) in [6.45, 7) is 8.27. The van der Waals surface area contributed by atoms with Gasteiger partial charge in [0.2, 0.25) is 0 Å². The van der Waals surface area contributed by atoms with Crippen LogP contribution in [0, 0.1) is 0 Å². The fourth-order valence-electron chi connectivity index (χ4n) is 3.63. The van der Waals surface area contributed by atoms with E-state index in [2.05, 4.69) is 82.3 Å². The maximum absolute atomic E-state index is 6.15. The molecule has 5 rings (SSSR count). The lowest BCUT2D eigenvalue weighted by atomic mass is 9.80. The molecule has 0 bridgehead atoms. The highest BCUT2D eigenvalue weighted by atomic mass is 32.1. The standard InChI is InChI=1S/C23H22BNO2S/c1-22(2)23(3,4)27-24(26-22)15-12-13-19(25-14-15)18-10-7-9-17-16-8-5-6-11-20(16)28-21(17)18/h5-14H,1-4H3. The molecule has 0 amide bonds. The van der Waals surface area contributed by atoms with Gasteiger partial charge in [-0.05, 0) is 39.8 Å². The molecule has 0 saturated carbocycles. The van der Waals surface area contributed by atoms with E-state index in [0.717, 1.165) is 11.2 Å². The Morgan fingerprint density at radius 1 is 0.821 bits per heavy atom. The zero-order valence-corrected chi connectivity index (χ0v) is 17.3. The van der Waals surface area contributed by atoms with Crippen LogP contribution in [0.2, 0.25) is 0 Å². The van der Waals surface area contributed by atoms with Crippen LogP contribution in [0.3, 0.4) is 0 Å². The molecule has 1 saturated heterocycles. The highest BCUT2D eigenvalue weighted by Crippen LogP contribution is 2.39. The van der Waals surface area contributed by atoms with Crippen molar-refractivity contribution in [3.8, 4) is 11.3 Å². The van der Waals surface area contributed by atoms with Gasteiger partial charge >= 0.3 is 7.12 Å². The first-order chi connectivity index (χ1) is 13.4. The van der Waals surface area contributed by atoms with Gasteiger partial charge in [-0.15, -0.1) is 11.3 Å². The van der Waals surface area contributed by atoms with Gasteiger partial charge in [0.1, 0.15) is 0 Å². The number of pyridine rings is 1. The van der Waals surface area contributed by atoms with Gasteiger partial charge in [0.15, 0.2) is 0 Å². The lowest BCUT2D eigenvalue weighted by Gasteiger charge is -2.32. The van der Waals surface area contributed by atoms with Gasteiger partial charge in [-0.25, -0.2) is 0 Å². The third-order valence-electron chi connectivity index (χ3n) is 5.99. The third kappa shape index (κ3) is 2.69. The number of rotatable bonds is 2. The molecule has 5 heteroatoms. The minimum absolute atomic E-state index is 0.348. The molecule has 1 aliphatic heterocycles. The summed E-state index contributed by atoms with van der Waals surface area (Å²) in [7, 11) is -0.383. The Kier molecular flexibility index (Phi) is 3.92. The van der Waals surface area contributed by atoms with Crippen molar-refractivity contribution < 1.29 is 9.31 Å². The van der Waals surface area contributed by atoms with E-state index in [9.17, 15) is 0 Å². The smallest absolute Gasteiger partial charge is 0.399 e. The summed E-state index contributed by atoms with van der Waals surface area (Å²) >= 11 is 1.82. The van der Waals surface area contributed by atoms with Crippen molar-refractivity contribution in [2.45, 2.75) is 38.9 Å². The average Bonchev–Trinajstić information content (AvgIpc) is 3.15. The van der Waals surface area contributed by atoms with E-state index >= 15 is 0 Å². The molecule has 28 heavy (non-hydrogen) atoms. The zero-order valence-electron chi connectivity index (χ0n) is 16.5. The number of thiophene rings is 1. The highest BCUT2D eigenvalue weighted by molar-refractivity contribution is 7.26. The second-order valence-electron chi connectivity index (χ2n) is 8.35. The summed E-state index contributed by atoms with van der Waals surface area (Å²) in [5, 5.41) is 2.59. The molecular formula is C23H22BNO2S. The van der Waals surface area contributed by atoms with Crippen LogP contribution in [-0.2, 0) is 9.31 Å². The minimum atomic E-state index is -0.383. The summed E-state index contributed by atoms with van der Waals surface area (Å²) in [6, 6.07) is 19.1. The zero-order chi connectivity index (χ0) is 19.5. The number of hydrogen-bond donors (Lipinski definition) is 0. The van der Waals surface area contributed by atoms with Crippen molar-refractivity contribution >= 4 is 44.1 Å². The number of benzene rings is 2. The number of fused-ring (bicyclic) bond motifs is 3. The Labute approximate surface area is 169 Å².